The Hall–Kier alpha value is -3.42. The van der Waals surface area contributed by atoms with Crippen LogP contribution in [0.5, 0.6) is 0 Å². The summed E-state index contributed by atoms with van der Waals surface area (Å²) in [6, 6.07) is 9.36. The molecule has 0 aliphatic heterocycles. The van der Waals surface area contributed by atoms with Crippen LogP contribution in [0.2, 0.25) is 0 Å². The Morgan fingerprint density at radius 2 is 1.84 bits per heavy atom. The number of hydrogen-bond acceptors (Lipinski definition) is 4. The maximum atomic E-state index is 12.1. The number of hydrogen-bond donors (Lipinski definition) is 4. The number of rotatable bonds is 5. The Labute approximate surface area is 142 Å². The maximum absolute atomic E-state index is 12.1. The van der Waals surface area contributed by atoms with E-state index in [4.69, 9.17) is 5.11 Å². The van der Waals surface area contributed by atoms with E-state index in [9.17, 15) is 14.4 Å². The molecule has 25 heavy (non-hydrogen) atoms. The Morgan fingerprint density at radius 1 is 1.04 bits per heavy atom. The van der Waals surface area contributed by atoms with Gasteiger partial charge in [-0.25, -0.2) is 4.98 Å². The number of carbonyl (C=O) groups is 3. The Bertz CT molecular complexity index is 964. The van der Waals surface area contributed by atoms with Gasteiger partial charge >= 0.3 is 5.97 Å². The van der Waals surface area contributed by atoms with Crippen LogP contribution < -0.4 is 10.9 Å². The van der Waals surface area contributed by atoms with E-state index in [0.717, 1.165) is 21.8 Å². The van der Waals surface area contributed by atoms with E-state index in [1.165, 1.54) is 0 Å². The van der Waals surface area contributed by atoms with Crippen LogP contribution in [-0.2, 0) is 9.59 Å². The fourth-order valence-corrected chi connectivity index (χ4v) is 2.53. The van der Waals surface area contributed by atoms with Gasteiger partial charge in [0.15, 0.2) is 0 Å². The number of aliphatic carboxylic acids is 1. The molecular weight excluding hydrogens is 324 g/mol. The van der Waals surface area contributed by atoms with E-state index in [1.54, 1.807) is 12.3 Å². The van der Waals surface area contributed by atoms with Crippen molar-refractivity contribution < 1.29 is 19.5 Å². The third kappa shape index (κ3) is 3.74. The van der Waals surface area contributed by atoms with Crippen molar-refractivity contribution in [2.75, 3.05) is 0 Å². The zero-order valence-corrected chi connectivity index (χ0v) is 13.2. The van der Waals surface area contributed by atoms with E-state index in [1.807, 2.05) is 24.3 Å². The molecular formula is C17H16N4O4. The number of carboxylic acids is 1. The highest BCUT2D eigenvalue weighted by Crippen LogP contribution is 2.24. The van der Waals surface area contributed by atoms with Crippen LogP contribution in [0.25, 0.3) is 21.8 Å². The molecule has 3 rings (SSSR count). The third-order valence-electron chi connectivity index (χ3n) is 3.73. The van der Waals surface area contributed by atoms with Crippen LogP contribution in [0.4, 0.5) is 0 Å². The average Bonchev–Trinajstić information content (AvgIpc) is 2.97. The lowest BCUT2D eigenvalue weighted by Crippen LogP contribution is -2.41. The summed E-state index contributed by atoms with van der Waals surface area (Å²) in [6.45, 7) is 0. The molecule has 2 aromatic heterocycles. The number of carbonyl (C=O) groups excluding carboxylic acids is 2. The summed E-state index contributed by atoms with van der Waals surface area (Å²) >= 11 is 0. The van der Waals surface area contributed by atoms with Gasteiger partial charge in [0, 0.05) is 29.1 Å². The van der Waals surface area contributed by atoms with Crippen LogP contribution in [0.15, 0.2) is 36.5 Å². The number of fused-ring (bicyclic) bond motifs is 3. The number of aromatic amines is 1. The average molecular weight is 340 g/mol. The van der Waals surface area contributed by atoms with Crippen LogP contribution in [0, 0.1) is 0 Å². The molecule has 0 saturated heterocycles. The zero-order valence-electron chi connectivity index (χ0n) is 13.2. The SMILES string of the molecule is O=C(O)CCCC(=O)NNC(=O)c1cc2c(cn1)[nH]c1ccccc12. The third-order valence-corrected chi connectivity index (χ3v) is 3.73. The number of pyridine rings is 1. The smallest absolute Gasteiger partial charge is 0.303 e. The second-order valence-corrected chi connectivity index (χ2v) is 5.54. The van der Waals surface area contributed by atoms with Crippen molar-refractivity contribution in [3.8, 4) is 0 Å². The second kappa shape index (κ2) is 7.00. The van der Waals surface area contributed by atoms with Crippen LogP contribution in [-0.4, -0.2) is 32.9 Å². The molecule has 0 saturated carbocycles. The van der Waals surface area contributed by atoms with Gasteiger partial charge in [-0.1, -0.05) is 18.2 Å². The number of hydrazine groups is 1. The Morgan fingerprint density at radius 3 is 2.64 bits per heavy atom. The topological polar surface area (TPSA) is 124 Å². The number of para-hydroxylation sites is 1. The predicted octanol–water partition coefficient (Wildman–Crippen LogP) is 1.73. The normalized spacial score (nSPS) is 10.7. The standard InChI is InChI=1S/C17H16N4O4/c22-15(6-3-7-16(23)24)20-21-17(25)13-8-11-10-4-1-2-5-12(10)19-14(11)9-18-13/h1-2,4-5,8-9,19H,3,6-7H2,(H,20,22)(H,21,25)(H,23,24). The molecule has 0 unspecified atom stereocenters. The van der Waals surface area contributed by atoms with Gasteiger partial charge < -0.3 is 10.1 Å². The maximum Gasteiger partial charge on any atom is 0.303 e. The van der Waals surface area contributed by atoms with E-state index in [0.29, 0.717) is 0 Å². The van der Waals surface area contributed by atoms with Crippen molar-refractivity contribution in [2.24, 2.45) is 0 Å². The molecule has 2 amide bonds. The molecule has 8 heteroatoms. The lowest BCUT2D eigenvalue weighted by Gasteiger charge is -2.06. The molecule has 0 fully saturated rings. The molecule has 128 valence electrons. The van der Waals surface area contributed by atoms with Gasteiger partial charge in [-0.3, -0.25) is 25.2 Å². The molecule has 2 heterocycles. The van der Waals surface area contributed by atoms with Gasteiger partial charge in [0.2, 0.25) is 5.91 Å². The van der Waals surface area contributed by atoms with Gasteiger partial charge in [0.05, 0.1) is 11.7 Å². The summed E-state index contributed by atoms with van der Waals surface area (Å²) in [5.74, 6) is -1.96. The van der Waals surface area contributed by atoms with E-state index in [2.05, 4.69) is 20.8 Å². The number of H-pyrrole nitrogens is 1. The first kappa shape index (κ1) is 16.4. The minimum atomic E-state index is -0.965. The first-order valence-corrected chi connectivity index (χ1v) is 7.72. The van der Waals surface area contributed by atoms with Gasteiger partial charge in [0.25, 0.3) is 5.91 Å². The van der Waals surface area contributed by atoms with Gasteiger partial charge in [-0.05, 0) is 18.6 Å². The highest BCUT2D eigenvalue weighted by Gasteiger charge is 2.12. The van der Waals surface area contributed by atoms with Gasteiger partial charge in [-0.15, -0.1) is 0 Å². The van der Waals surface area contributed by atoms with Gasteiger partial charge in [-0.2, -0.15) is 0 Å². The molecule has 0 atom stereocenters. The first-order valence-electron chi connectivity index (χ1n) is 7.72. The lowest BCUT2D eigenvalue weighted by atomic mass is 10.1. The quantitative estimate of drug-likeness (QED) is 0.527. The Balaban J connectivity index is 1.67. The van der Waals surface area contributed by atoms with E-state index in [-0.39, 0.29) is 25.0 Å². The number of aromatic nitrogens is 2. The molecule has 8 nitrogen and oxygen atoms in total. The number of nitrogens with one attached hydrogen (secondary N) is 3. The highest BCUT2D eigenvalue weighted by molar-refractivity contribution is 6.09. The molecule has 0 bridgehead atoms. The van der Waals surface area contributed by atoms with E-state index >= 15 is 0 Å². The second-order valence-electron chi connectivity index (χ2n) is 5.54. The molecule has 0 aliphatic rings. The summed E-state index contributed by atoms with van der Waals surface area (Å²) in [5, 5.41) is 10.4. The molecule has 0 aliphatic carbocycles. The zero-order chi connectivity index (χ0) is 17.8. The van der Waals surface area contributed by atoms with Crippen molar-refractivity contribution >= 4 is 39.6 Å². The number of carboxylic acid groups (broad SMARTS) is 1. The van der Waals surface area contributed by atoms with E-state index < -0.39 is 17.8 Å². The molecule has 4 N–H and O–H groups in total. The first-order chi connectivity index (χ1) is 12.0. The summed E-state index contributed by atoms with van der Waals surface area (Å²) in [6.07, 6.45) is 1.69. The van der Waals surface area contributed by atoms with Crippen molar-refractivity contribution in [2.45, 2.75) is 19.3 Å². The fourth-order valence-electron chi connectivity index (χ4n) is 2.53. The molecule has 1 aromatic carbocycles. The summed E-state index contributed by atoms with van der Waals surface area (Å²) in [7, 11) is 0. The Kier molecular flexibility index (Phi) is 4.60. The van der Waals surface area contributed by atoms with Crippen LogP contribution in [0.1, 0.15) is 29.8 Å². The van der Waals surface area contributed by atoms with Crippen LogP contribution >= 0.6 is 0 Å². The largest absolute Gasteiger partial charge is 0.481 e. The number of benzene rings is 1. The lowest BCUT2D eigenvalue weighted by molar-refractivity contribution is -0.137. The summed E-state index contributed by atoms with van der Waals surface area (Å²) in [5.41, 5.74) is 6.47. The minimum absolute atomic E-state index is 0.0154. The highest BCUT2D eigenvalue weighted by atomic mass is 16.4. The van der Waals surface area contributed by atoms with Crippen molar-refractivity contribution in [1.82, 2.24) is 20.8 Å². The molecule has 0 spiro atoms. The van der Waals surface area contributed by atoms with Crippen molar-refractivity contribution in [3.05, 3.63) is 42.2 Å². The molecule has 0 radical (unpaired) electrons. The van der Waals surface area contributed by atoms with Crippen LogP contribution in [0.3, 0.4) is 0 Å². The predicted molar refractivity (Wildman–Crippen MR) is 90.7 cm³/mol. The monoisotopic (exact) mass is 340 g/mol. The van der Waals surface area contributed by atoms with Crippen molar-refractivity contribution in [1.29, 1.82) is 0 Å². The minimum Gasteiger partial charge on any atom is -0.481 e. The molecule has 3 aromatic rings. The fraction of sp³-hybridized carbons (Fsp3) is 0.176. The number of amides is 2. The van der Waals surface area contributed by atoms with Crippen molar-refractivity contribution in [3.63, 3.8) is 0 Å². The van der Waals surface area contributed by atoms with Gasteiger partial charge in [0.1, 0.15) is 5.69 Å². The number of nitrogens with zero attached hydrogens (tertiary/aromatic N) is 1. The summed E-state index contributed by atoms with van der Waals surface area (Å²) in [4.78, 5) is 41.4. The summed E-state index contributed by atoms with van der Waals surface area (Å²) < 4.78 is 0.